The number of aliphatic imine (C=N–C) groups is 1. The van der Waals surface area contributed by atoms with E-state index in [1.807, 2.05) is 6.92 Å². The maximum Gasteiger partial charge on any atom is 0.191 e. The first-order chi connectivity index (χ1) is 11.0. The Morgan fingerprint density at radius 1 is 1.29 bits per heavy atom. The van der Waals surface area contributed by atoms with Gasteiger partial charge in [-0.25, -0.2) is 8.78 Å². The average Bonchev–Trinajstić information content (AvgIpc) is 2.95. The van der Waals surface area contributed by atoms with Gasteiger partial charge in [0.25, 0.3) is 0 Å². The summed E-state index contributed by atoms with van der Waals surface area (Å²) < 4.78 is 32.9. The molecule has 7 heteroatoms. The van der Waals surface area contributed by atoms with Crippen LogP contribution in [0.4, 0.5) is 8.78 Å². The van der Waals surface area contributed by atoms with Crippen LogP contribution in [0.15, 0.2) is 23.2 Å². The molecule has 0 bridgehead atoms. The number of hydrogen-bond donors (Lipinski definition) is 2. The number of nitrogens with zero attached hydrogens (tertiary/aromatic N) is 1. The largest absolute Gasteiger partial charge is 0.373 e. The molecule has 1 aliphatic heterocycles. The number of benzene rings is 1. The zero-order valence-corrected chi connectivity index (χ0v) is 16.5. The lowest BCUT2D eigenvalue weighted by Crippen LogP contribution is -2.40. The van der Waals surface area contributed by atoms with Gasteiger partial charge in [0.05, 0.1) is 12.1 Å². The third kappa shape index (κ3) is 6.16. The van der Waals surface area contributed by atoms with E-state index >= 15 is 0 Å². The van der Waals surface area contributed by atoms with Gasteiger partial charge in [0.2, 0.25) is 0 Å². The third-order valence-corrected chi connectivity index (χ3v) is 3.95. The van der Waals surface area contributed by atoms with Crippen molar-refractivity contribution < 1.29 is 13.5 Å². The lowest BCUT2D eigenvalue weighted by molar-refractivity contribution is 0.0283. The van der Waals surface area contributed by atoms with Gasteiger partial charge in [-0.3, -0.25) is 4.99 Å². The first-order valence-electron chi connectivity index (χ1n) is 8.13. The number of ether oxygens (including phenoxy) is 1. The van der Waals surface area contributed by atoms with Crippen LogP contribution < -0.4 is 10.6 Å². The number of halogens is 3. The monoisotopic (exact) mass is 453 g/mol. The van der Waals surface area contributed by atoms with Gasteiger partial charge in [-0.1, -0.05) is 6.07 Å². The minimum atomic E-state index is -0.513. The van der Waals surface area contributed by atoms with Crippen molar-refractivity contribution in [1.29, 1.82) is 0 Å². The molecule has 4 nitrogen and oxygen atoms in total. The Kier molecular flexibility index (Phi) is 8.90. The molecule has 1 fully saturated rings. The summed E-state index contributed by atoms with van der Waals surface area (Å²) in [5.41, 5.74) is -0.109. The second-order valence-corrected chi connectivity index (χ2v) is 5.97. The zero-order chi connectivity index (χ0) is 16.7. The summed E-state index contributed by atoms with van der Waals surface area (Å²) in [6.07, 6.45) is 2.32. The van der Waals surface area contributed by atoms with Crippen LogP contribution in [0, 0.1) is 11.6 Å². The molecule has 0 amide bonds. The van der Waals surface area contributed by atoms with Crippen molar-refractivity contribution in [1.82, 2.24) is 10.6 Å². The highest BCUT2D eigenvalue weighted by atomic mass is 127. The minimum Gasteiger partial charge on any atom is -0.373 e. The van der Waals surface area contributed by atoms with Gasteiger partial charge in [0.15, 0.2) is 5.96 Å². The fourth-order valence-electron chi connectivity index (χ4n) is 2.63. The van der Waals surface area contributed by atoms with Crippen LogP contribution in [0.5, 0.6) is 0 Å². The number of rotatable bonds is 6. The van der Waals surface area contributed by atoms with Crippen LogP contribution in [0.3, 0.4) is 0 Å². The van der Waals surface area contributed by atoms with Gasteiger partial charge in [-0.15, -0.1) is 24.0 Å². The van der Waals surface area contributed by atoms with E-state index in [1.165, 1.54) is 18.2 Å². The number of guanidine groups is 1. The maximum absolute atomic E-state index is 13.6. The molecule has 1 aliphatic rings. The van der Waals surface area contributed by atoms with E-state index in [0.29, 0.717) is 19.0 Å². The zero-order valence-electron chi connectivity index (χ0n) is 14.2. The van der Waals surface area contributed by atoms with Crippen LogP contribution >= 0.6 is 24.0 Å². The van der Waals surface area contributed by atoms with Crippen molar-refractivity contribution in [3.05, 3.63) is 35.4 Å². The van der Waals surface area contributed by atoms with Crippen molar-refractivity contribution in [2.45, 2.75) is 38.7 Å². The van der Waals surface area contributed by atoms with Gasteiger partial charge in [0, 0.05) is 25.3 Å². The molecule has 0 spiro atoms. The van der Waals surface area contributed by atoms with E-state index in [-0.39, 0.29) is 41.6 Å². The van der Waals surface area contributed by atoms with E-state index in [4.69, 9.17) is 4.74 Å². The fourth-order valence-corrected chi connectivity index (χ4v) is 2.63. The van der Waals surface area contributed by atoms with Crippen LogP contribution in [-0.2, 0) is 11.2 Å². The number of hydrogen-bond acceptors (Lipinski definition) is 2. The lowest BCUT2D eigenvalue weighted by atomic mass is 10.0. The summed E-state index contributed by atoms with van der Waals surface area (Å²) in [5, 5.41) is 6.25. The van der Waals surface area contributed by atoms with E-state index < -0.39 is 11.6 Å². The summed E-state index contributed by atoms with van der Waals surface area (Å²) in [6, 6.07) is 3.92. The first-order valence-corrected chi connectivity index (χ1v) is 8.13. The number of nitrogens with one attached hydrogen (secondary N) is 2. The highest BCUT2D eigenvalue weighted by Crippen LogP contribution is 2.24. The Morgan fingerprint density at radius 3 is 2.58 bits per heavy atom. The van der Waals surface area contributed by atoms with Gasteiger partial charge in [-0.2, -0.15) is 0 Å². The Bertz CT molecular complexity index is 528. The fraction of sp³-hybridized carbons (Fsp3) is 0.588. The molecule has 1 atom stereocenters. The molecule has 1 heterocycles. The predicted octanol–water partition coefficient (Wildman–Crippen LogP) is 3.25. The van der Waals surface area contributed by atoms with E-state index in [0.717, 1.165) is 26.0 Å². The summed E-state index contributed by atoms with van der Waals surface area (Å²) >= 11 is 0. The molecule has 2 rings (SSSR count). The van der Waals surface area contributed by atoms with Crippen LogP contribution in [0.2, 0.25) is 0 Å². The predicted molar refractivity (Wildman–Crippen MR) is 103 cm³/mol. The summed E-state index contributed by atoms with van der Waals surface area (Å²) in [4.78, 5) is 4.53. The Morgan fingerprint density at radius 2 is 2.00 bits per heavy atom. The Labute approximate surface area is 159 Å². The molecule has 1 aromatic rings. The smallest absolute Gasteiger partial charge is 0.191 e. The van der Waals surface area contributed by atoms with Crippen molar-refractivity contribution in [2.75, 3.05) is 26.2 Å². The quantitative estimate of drug-likeness (QED) is 0.395. The van der Waals surface area contributed by atoms with Crippen molar-refractivity contribution >= 4 is 29.9 Å². The van der Waals surface area contributed by atoms with Crippen molar-refractivity contribution in [3.63, 3.8) is 0 Å². The van der Waals surface area contributed by atoms with Crippen LogP contribution in [0.1, 0.15) is 32.3 Å². The summed E-state index contributed by atoms with van der Waals surface area (Å²) in [5.74, 6) is -0.387. The van der Waals surface area contributed by atoms with Gasteiger partial charge in [0.1, 0.15) is 11.6 Å². The van der Waals surface area contributed by atoms with Gasteiger partial charge >= 0.3 is 0 Å². The molecule has 0 saturated carbocycles. The molecule has 136 valence electrons. The van der Waals surface area contributed by atoms with Crippen molar-refractivity contribution in [2.24, 2.45) is 4.99 Å². The maximum atomic E-state index is 13.6. The second kappa shape index (κ2) is 10.1. The van der Waals surface area contributed by atoms with Crippen LogP contribution in [-0.4, -0.2) is 37.8 Å². The molecule has 2 N–H and O–H groups in total. The standard InChI is InChI=1S/C17H25F2N3O.HI/c1-3-20-16(22-12-17(2)9-5-11-23-17)21-10-8-13-14(18)6-4-7-15(13)19;/h4,6-7H,3,5,8-12H2,1-2H3,(H2,20,21,22);1H. The Hall–Kier alpha value is -0.960. The molecule has 24 heavy (non-hydrogen) atoms. The van der Waals surface area contributed by atoms with Crippen LogP contribution in [0.25, 0.3) is 0 Å². The SMILES string of the molecule is CCNC(=NCC1(C)CCCO1)NCCc1c(F)cccc1F.I. The lowest BCUT2D eigenvalue weighted by Gasteiger charge is -2.21. The summed E-state index contributed by atoms with van der Waals surface area (Å²) in [7, 11) is 0. The highest BCUT2D eigenvalue weighted by molar-refractivity contribution is 14.0. The third-order valence-electron chi connectivity index (χ3n) is 3.95. The van der Waals surface area contributed by atoms with Gasteiger partial charge < -0.3 is 15.4 Å². The molecule has 1 unspecified atom stereocenters. The topological polar surface area (TPSA) is 45.7 Å². The Balaban J connectivity index is 0.00000288. The molecule has 0 aliphatic carbocycles. The van der Waals surface area contributed by atoms with E-state index in [2.05, 4.69) is 22.5 Å². The molecule has 0 aromatic heterocycles. The molecule has 1 aromatic carbocycles. The van der Waals surface area contributed by atoms with E-state index in [1.54, 1.807) is 0 Å². The average molecular weight is 453 g/mol. The highest BCUT2D eigenvalue weighted by Gasteiger charge is 2.29. The van der Waals surface area contributed by atoms with Crippen molar-refractivity contribution in [3.8, 4) is 0 Å². The molecule has 1 saturated heterocycles. The molecular formula is C17H26F2IN3O. The van der Waals surface area contributed by atoms with Gasteiger partial charge in [-0.05, 0) is 45.2 Å². The normalized spacial score (nSPS) is 20.6. The minimum absolute atomic E-state index is 0. The molecular weight excluding hydrogens is 427 g/mol. The molecule has 0 radical (unpaired) electrons. The van der Waals surface area contributed by atoms with E-state index in [9.17, 15) is 8.78 Å². The second-order valence-electron chi connectivity index (χ2n) is 5.97. The summed E-state index contributed by atoms with van der Waals surface area (Å²) in [6.45, 7) is 6.50. The first kappa shape index (κ1) is 21.1.